The van der Waals surface area contributed by atoms with Crippen LogP contribution in [0.15, 0.2) is 48.8 Å². The number of benzene rings is 1. The quantitative estimate of drug-likeness (QED) is 0.735. The molecule has 1 aliphatic rings. The molecule has 1 heterocycles. The number of nitrogens with one attached hydrogen (secondary N) is 1. The number of anilines is 1. The highest BCUT2D eigenvalue weighted by Gasteiger charge is 2.34. The van der Waals surface area contributed by atoms with Crippen LogP contribution in [0.4, 0.5) is 18.9 Å². The van der Waals surface area contributed by atoms with Gasteiger partial charge in [0.2, 0.25) is 0 Å². The van der Waals surface area contributed by atoms with Crippen molar-refractivity contribution in [2.75, 3.05) is 5.32 Å². The largest absolute Gasteiger partial charge is 0.418 e. The summed E-state index contributed by atoms with van der Waals surface area (Å²) in [5, 5.41) is 3.16. The summed E-state index contributed by atoms with van der Waals surface area (Å²) >= 11 is 5.51. The first-order chi connectivity index (χ1) is 12.4. The molecule has 2 aromatic rings. The number of thiocarbonyl (C=S) groups is 1. The average Bonchev–Trinajstić information content (AvgIpc) is 3.14. The van der Waals surface area contributed by atoms with Crippen molar-refractivity contribution in [2.24, 2.45) is 0 Å². The molecule has 0 bridgehead atoms. The minimum Gasteiger partial charge on any atom is -0.342 e. The first-order valence-corrected chi connectivity index (χ1v) is 8.99. The molecule has 0 radical (unpaired) electrons. The van der Waals surface area contributed by atoms with Crippen LogP contribution in [0.2, 0.25) is 0 Å². The lowest BCUT2D eigenvalue weighted by atomic mass is 10.1. The van der Waals surface area contributed by atoms with Crippen molar-refractivity contribution in [1.29, 1.82) is 0 Å². The second-order valence-corrected chi connectivity index (χ2v) is 6.78. The number of halogens is 3. The van der Waals surface area contributed by atoms with Crippen molar-refractivity contribution in [3.63, 3.8) is 0 Å². The lowest BCUT2D eigenvalue weighted by molar-refractivity contribution is -0.136. The standard InChI is InChI=1S/C19H20F3N3S/c20-19(21,22)16-7-3-4-8-17(16)24-18(26)25(15-5-1-2-6-15)13-14-9-11-23-12-10-14/h3-4,7-12,15H,1-2,5-6,13H2,(H,24,26). The van der Waals surface area contributed by atoms with Crippen LogP contribution in [0, 0.1) is 0 Å². The Hall–Kier alpha value is -2.15. The fourth-order valence-corrected chi connectivity index (χ4v) is 3.62. The Balaban J connectivity index is 1.82. The third kappa shape index (κ3) is 4.52. The summed E-state index contributed by atoms with van der Waals surface area (Å²) in [5.74, 6) is 0. The van der Waals surface area contributed by atoms with Crippen molar-refractivity contribution in [2.45, 2.75) is 44.4 Å². The highest BCUT2D eigenvalue weighted by atomic mass is 32.1. The molecule has 138 valence electrons. The number of hydrogen-bond donors (Lipinski definition) is 1. The molecule has 3 rings (SSSR count). The fourth-order valence-electron chi connectivity index (χ4n) is 3.29. The van der Waals surface area contributed by atoms with Gasteiger partial charge in [0.25, 0.3) is 0 Å². The minimum absolute atomic E-state index is 0.0114. The third-order valence-electron chi connectivity index (χ3n) is 4.60. The van der Waals surface area contributed by atoms with Gasteiger partial charge in [-0.25, -0.2) is 0 Å². The maximum atomic E-state index is 13.2. The van der Waals surface area contributed by atoms with Crippen LogP contribution >= 0.6 is 12.2 Å². The number of nitrogens with zero attached hydrogens (tertiary/aromatic N) is 2. The van der Waals surface area contributed by atoms with E-state index in [4.69, 9.17) is 12.2 Å². The number of para-hydroxylation sites is 1. The molecule has 7 heteroatoms. The highest BCUT2D eigenvalue weighted by molar-refractivity contribution is 7.80. The summed E-state index contributed by atoms with van der Waals surface area (Å²) in [6.45, 7) is 0.549. The Morgan fingerprint density at radius 1 is 1.12 bits per heavy atom. The van der Waals surface area contributed by atoms with Crippen LogP contribution in [0.25, 0.3) is 0 Å². The molecule has 0 unspecified atom stereocenters. The summed E-state index contributed by atoms with van der Waals surface area (Å²) < 4.78 is 39.7. The maximum Gasteiger partial charge on any atom is 0.418 e. The first kappa shape index (κ1) is 18.6. The van der Waals surface area contributed by atoms with Gasteiger partial charge in [-0.3, -0.25) is 4.98 Å². The molecule has 0 saturated heterocycles. The SMILES string of the molecule is FC(F)(F)c1ccccc1NC(=S)N(Cc1ccncc1)C1CCCC1. The Morgan fingerprint density at radius 2 is 1.77 bits per heavy atom. The highest BCUT2D eigenvalue weighted by Crippen LogP contribution is 2.35. The van der Waals surface area contributed by atoms with E-state index in [0.29, 0.717) is 11.7 Å². The summed E-state index contributed by atoms with van der Waals surface area (Å²) in [4.78, 5) is 6.01. The van der Waals surface area contributed by atoms with E-state index in [1.807, 2.05) is 17.0 Å². The van der Waals surface area contributed by atoms with Gasteiger partial charge in [-0.1, -0.05) is 25.0 Å². The maximum absolute atomic E-state index is 13.2. The summed E-state index contributed by atoms with van der Waals surface area (Å²) in [5.41, 5.74) is 0.306. The summed E-state index contributed by atoms with van der Waals surface area (Å²) in [6, 6.07) is 9.46. The molecule has 0 amide bonds. The average molecular weight is 379 g/mol. The van der Waals surface area contributed by atoms with Crippen LogP contribution in [0.3, 0.4) is 0 Å². The second-order valence-electron chi connectivity index (χ2n) is 6.40. The van der Waals surface area contributed by atoms with Gasteiger partial charge in [-0.2, -0.15) is 13.2 Å². The van der Waals surface area contributed by atoms with Crippen LogP contribution in [0.5, 0.6) is 0 Å². The lowest BCUT2D eigenvalue weighted by Crippen LogP contribution is -2.41. The number of hydrogen-bond acceptors (Lipinski definition) is 2. The van der Waals surface area contributed by atoms with Crippen molar-refractivity contribution in [1.82, 2.24) is 9.88 Å². The normalized spacial score (nSPS) is 15.0. The van der Waals surface area contributed by atoms with Gasteiger partial charge >= 0.3 is 6.18 Å². The lowest BCUT2D eigenvalue weighted by Gasteiger charge is -2.32. The molecule has 0 aliphatic heterocycles. The first-order valence-electron chi connectivity index (χ1n) is 8.58. The van der Waals surface area contributed by atoms with Crippen molar-refractivity contribution in [3.8, 4) is 0 Å². The van der Waals surface area contributed by atoms with Crippen molar-refractivity contribution >= 4 is 23.0 Å². The van der Waals surface area contributed by atoms with Gasteiger partial charge in [0.1, 0.15) is 0 Å². The smallest absolute Gasteiger partial charge is 0.342 e. The van der Waals surface area contributed by atoms with Crippen LogP contribution in [0.1, 0.15) is 36.8 Å². The zero-order valence-corrected chi connectivity index (χ0v) is 15.0. The molecule has 1 N–H and O–H groups in total. The minimum atomic E-state index is -4.43. The fraction of sp³-hybridized carbons (Fsp3) is 0.368. The van der Waals surface area contributed by atoms with E-state index < -0.39 is 11.7 Å². The molecule has 3 nitrogen and oxygen atoms in total. The molecule has 1 fully saturated rings. The van der Waals surface area contributed by atoms with Crippen LogP contribution < -0.4 is 5.32 Å². The van der Waals surface area contributed by atoms with Crippen molar-refractivity contribution < 1.29 is 13.2 Å². The molecule has 0 spiro atoms. The van der Waals surface area contributed by atoms with Gasteiger partial charge in [-0.15, -0.1) is 0 Å². The van der Waals surface area contributed by atoms with Crippen LogP contribution in [-0.4, -0.2) is 21.0 Å². The predicted octanol–water partition coefficient (Wildman–Crippen LogP) is 5.24. The van der Waals surface area contributed by atoms with E-state index in [1.165, 1.54) is 12.1 Å². The van der Waals surface area contributed by atoms with E-state index in [0.717, 1.165) is 37.3 Å². The van der Waals surface area contributed by atoms with E-state index in [2.05, 4.69) is 10.3 Å². The molecule has 1 saturated carbocycles. The molecular formula is C19H20F3N3S. The molecule has 26 heavy (non-hydrogen) atoms. The van der Waals surface area contributed by atoms with Gasteiger partial charge < -0.3 is 10.2 Å². The molecule has 1 aromatic carbocycles. The Bertz CT molecular complexity index is 743. The zero-order chi connectivity index (χ0) is 18.6. The summed E-state index contributed by atoms with van der Waals surface area (Å²) in [7, 11) is 0. The van der Waals surface area contributed by atoms with Gasteiger partial charge in [0, 0.05) is 25.0 Å². The topological polar surface area (TPSA) is 28.2 Å². The Kier molecular flexibility index (Phi) is 5.76. The number of alkyl halides is 3. The van der Waals surface area contributed by atoms with E-state index in [-0.39, 0.29) is 11.7 Å². The molecule has 1 aromatic heterocycles. The van der Waals surface area contributed by atoms with Gasteiger partial charge in [0.05, 0.1) is 11.3 Å². The molecule has 1 aliphatic carbocycles. The van der Waals surface area contributed by atoms with Gasteiger partial charge in [-0.05, 0) is 54.9 Å². The Labute approximate surface area is 156 Å². The molecular weight excluding hydrogens is 359 g/mol. The number of aromatic nitrogens is 1. The monoisotopic (exact) mass is 379 g/mol. The molecule has 0 atom stereocenters. The summed E-state index contributed by atoms with van der Waals surface area (Å²) in [6.07, 6.45) is 3.19. The van der Waals surface area contributed by atoms with Crippen molar-refractivity contribution in [3.05, 3.63) is 59.9 Å². The number of rotatable bonds is 4. The van der Waals surface area contributed by atoms with E-state index in [9.17, 15) is 13.2 Å². The van der Waals surface area contributed by atoms with Crippen LogP contribution in [-0.2, 0) is 12.7 Å². The van der Waals surface area contributed by atoms with E-state index in [1.54, 1.807) is 18.5 Å². The second kappa shape index (κ2) is 8.03. The Morgan fingerprint density at radius 3 is 2.42 bits per heavy atom. The zero-order valence-electron chi connectivity index (χ0n) is 14.2. The number of pyridine rings is 1. The predicted molar refractivity (Wildman–Crippen MR) is 99.7 cm³/mol. The van der Waals surface area contributed by atoms with E-state index >= 15 is 0 Å². The third-order valence-corrected chi connectivity index (χ3v) is 4.94. The van der Waals surface area contributed by atoms with Gasteiger partial charge in [0.15, 0.2) is 5.11 Å².